The van der Waals surface area contributed by atoms with Crippen molar-refractivity contribution >= 4 is 23.3 Å². The molecule has 3 aliphatic rings. The Morgan fingerprint density at radius 1 is 1.38 bits per heavy atom. The topological polar surface area (TPSA) is 62.2 Å². The van der Waals surface area contributed by atoms with Crippen LogP contribution < -0.4 is 0 Å². The second-order valence-corrected chi connectivity index (χ2v) is 8.91. The summed E-state index contributed by atoms with van der Waals surface area (Å²) in [7, 11) is 2.01. The normalized spacial score (nSPS) is 25.6. The van der Waals surface area contributed by atoms with Gasteiger partial charge in [0.15, 0.2) is 0 Å². The molecule has 166 valence electrons. The predicted octanol–water partition coefficient (Wildman–Crippen LogP) is 3.12. The molecule has 1 aliphatic carbocycles. The van der Waals surface area contributed by atoms with Crippen LogP contribution in [0.5, 0.6) is 0 Å². The largest absolute Gasteiger partial charge is 0.434 e. The molecular formula is C19H29F3N2O4S. The highest BCUT2D eigenvalue weighted by Gasteiger charge is 2.47. The SMILES string of the molecule is CN(C(=S)CC1CCC1)[C@H]1COC2(CCN(C(=O)O[C@H](CO)C(F)(F)F)CC2)C1. The Morgan fingerprint density at radius 3 is 2.55 bits per heavy atom. The van der Waals surface area contributed by atoms with Crippen LogP contribution in [0, 0.1) is 5.92 Å². The number of hydrogen-bond donors (Lipinski definition) is 1. The van der Waals surface area contributed by atoms with Crippen molar-refractivity contribution in [3.63, 3.8) is 0 Å². The number of hydrogen-bond acceptors (Lipinski definition) is 5. The average Bonchev–Trinajstić information content (AvgIpc) is 3.04. The minimum absolute atomic E-state index is 0.185. The zero-order chi connectivity index (χ0) is 21.2. The predicted molar refractivity (Wildman–Crippen MR) is 104 cm³/mol. The number of likely N-dealkylation sites (tertiary alicyclic amines) is 1. The summed E-state index contributed by atoms with van der Waals surface area (Å²) < 4.78 is 48.6. The summed E-state index contributed by atoms with van der Waals surface area (Å²) >= 11 is 5.60. The maximum absolute atomic E-state index is 12.7. The van der Waals surface area contributed by atoms with E-state index in [9.17, 15) is 18.0 Å². The molecule has 29 heavy (non-hydrogen) atoms. The van der Waals surface area contributed by atoms with Gasteiger partial charge in [-0.1, -0.05) is 31.5 Å². The Hall–Kier alpha value is -1.13. The summed E-state index contributed by atoms with van der Waals surface area (Å²) in [4.78, 5) is 16.4. The van der Waals surface area contributed by atoms with Gasteiger partial charge in [0, 0.05) is 26.6 Å². The number of likely N-dealkylation sites (N-methyl/N-ethyl adjacent to an activating group) is 1. The fraction of sp³-hybridized carbons (Fsp3) is 0.895. The number of ether oxygens (including phenoxy) is 2. The van der Waals surface area contributed by atoms with Gasteiger partial charge in [-0.2, -0.15) is 13.2 Å². The van der Waals surface area contributed by atoms with E-state index in [1.54, 1.807) is 0 Å². The molecule has 2 saturated heterocycles. The van der Waals surface area contributed by atoms with E-state index in [1.165, 1.54) is 24.2 Å². The molecule has 0 radical (unpaired) electrons. The first kappa shape index (κ1) is 22.6. The third-order valence-corrected chi connectivity index (χ3v) is 6.98. The molecular weight excluding hydrogens is 409 g/mol. The fourth-order valence-corrected chi connectivity index (χ4v) is 4.59. The Morgan fingerprint density at radius 2 is 2.03 bits per heavy atom. The fourth-order valence-electron chi connectivity index (χ4n) is 4.21. The molecule has 2 atom stereocenters. The Kier molecular flexibility index (Phi) is 6.95. The number of carbonyl (C=O) groups is 1. The van der Waals surface area contributed by atoms with E-state index in [-0.39, 0.29) is 24.7 Å². The molecule has 1 spiro atoms. The van der Waals surface area contributed by atoms with Gasteiger partial charge in [0.2, 0.25) is 6.10 Å². The Bertz CT molecular complexity index is 607. The Balaban J connectivity index is 1.47. The minimum atomic E-state index is -4.79. The van der Waals surface area contributed by atoms with Crippen molar-refractivity contribution in [2.45, 2.75) is 68.9 Å². The van der Waals surface area contributed by atoms with E-state index in [1.807, 2.05) is 7.05 Å². The van der Waals surface area contributed by atoms with Crippen molar-refractivity contribution in [3.8, 4) is 0 Å². The van der Waals surface area contributed by atoms with Gasteiger partial charge in [0.05, 0.1) is 29.8 Å². The maximum Gasteiger partial charge on any atom is 0.427 e. The summed E-state index contributed by atoms with van der Waals surface area (Å²) in [5.74, 6) is 0.704. The second kappa shape index (κ2) is 8.93. The lowest BCUT2D eigenvalue weighted by Crippen LogP contribution is -2.49. The molecule has 0 aromatic carbocycles. The zero-order valence-electron chi connectivity index (χ0n) is 16.6. The zero-order valence-corrected chi connectivity index (χ0v) is 17.4. The van der Waals surface area contributed by atoms with Gasteiger partial charge in [0.25, 0.3) is 0 Å². The smallest absolute Gasteiger partial charge is 0.427 e. The van der Waals surface area contributed by atoms with Crippen molar-refractivity contribution in [1.82, 2.24) is 9.80 Å². The summed E-state index contributed by atoms with van der Waals surface area (Å²) in [6, 6.07) is 0.185. The molecule has 1 amide bonds. The van der Waals surface area contributed by atoms with E-state index in [4.69, 9.17) is 22.1 Å². The highest BCUT2D eigenvalue weighted by Crippen LogP contribution is 2.38. The number of aliphatic hydroxyl groups excluding tert-OH is 1. The highest BCUT2D eigenvalue weighted by atomic mass is 32.1. The third-order valence-electron chi connectivity index (χ3n) is 6.53. The van der Waals surface area contributed by atoms with Crippen LogP contribution in [0.3, 0.4) is 0 Å². The van der Waals surface area contributed by atoms with Crippen LogP contribution in [0.2, 0.25) is 0 Å². The first-order valence-electron chi connectivity index (χ1n) is 10.2. The van der Waals surface area contributed by atoms with Gasteiger partial charge in [-0.15, -0.1) is 0 Å². The third kappa shape index (κ3) is 5.32. The maximum atomic E-state index is 12.7. The van der Waals surface area contributed by atoms with Crippen LogP contribution in [0.1, 0.15) is 44.9 Å². The van der Waals surface area contributed by atoms with E-state index >= 15 is 0 Å². The quantitative estimate of drug-likeness (QED) is 0.666. The number of alkyl halides is 3. The molecule has 2 aliphatic heterocycles. The van der Waals surface area contributed by atoms with E-state index in [0.29, 0.717) is 25.4 Å². The summed E-state index contributed by atoms with van der Waals surface area (Å²) in [5, 5.41) is 8.83. The van der Waals surface area contributed by atoms with Crippen molar-refractivity contribution in [1.29, 1.82) is 0 Å². The molecule has 0 unspecified atom stereocenters. The van der Waals surface area contributed by atoms with Gasteiger partial charge in [0.1, 0.15) is 0 Å². The summed E-state index contributed by atoms with van der Waals surface area (Å²) in [6.45, 7) is -0.201. The van der Waals surface area contributed by atoms with E-state index < -0.39 is 25.0 Å². The van der Waals surface area contributed by atoms with Crippen LogP contribution in [0.25, 0.3) is 0 Å². The molecule has 3 fully saturated rings. The number of carbonyl (C=O) groups excluding carboxylic acids is 1. The van der Waals surface area contributed by atoms with Crippen molar-refractivity contribution in [2.75, 3.05) is 33.4 Å². The first-order chi connectivity index (χ1) is 13.6. The highest BCUT2D eigenvalue weighted by molar-refractivity contribution is 7.80. The number of nitrogens with zero attached hydrogens (tertiary/aromatic N) is 2. The van der Waals surface area contributed by atoms with Crippen molar-refractivity contribution in [3.05, 3.63) is 0 Å². The van der Waals surface area contributed by atoms with Gasteiger partial charge in [-0.05, 0) is 25.2 Å². The number of halogens is 3. The molecule has 1 saturated carbocycles. The average molecular weight is 439 g/mol. The van der Waals surface area contributed by atoms with Crippen molar-refractivity contribution < 1.29 is 32.5 Å². The van der Waals surface area contributed by atoms with Crippen LogP contribution >= 0.6 is 12.2 Å². The number of amides is 1. The van der Waals surface area contributed by atoms with Gasteiger partial charge < -0.3 is 24.4 Å². The van der Waals surface area contributed by atoms with Gasteiger partial charge >= 0.3 is 12.3 Å². The van der Waals surface area contributed by atoms with E-state index in [0.717, 1.165) is 17.8 Å². The summed E-state index contributed by atoms with van der Waals surface area (Å²) in [5.41, 5.74) is -0.373. The van der Waals surface area contributed by atoms with Crippen LogP contribution in [-0.2, 0) is 9.47 Å². The Labute approximate surface area is 174 Å². The molecule has 0 bridgehead atoms. The monoisotopic (exact) mass is 438 g/mol. The van der Waals surface area contributed by atoms with E-state index in [2.05, 4.69) is 9.64 Å². The summed E-state index contributed by atoms with van der Waals surface area (Å²) in [6.07, 6.45) is -1.74. The van der Waals surface area contributed by atoms with Gasteiger partial charge in [-0.25, -0.2) is 4.79 Å². The minimum Gasteiger partial charge on any atom is -0.434 e. The molecule has 0 aromatic heterocycles. The van der Waals surface area contributed by atoms with Crippen LogP contribution in [0.4, 0.5) is 18.0 Å². The molecule has 2 heterocycles. The van der Waals surface area contributed by atoms with Crippen LogP contribution in [-0.4, -0.2) is 83.3 Å². The number of aliphatic hydroxyl groups is 1. The first-order valence-corrected chi connectivity index (χ1v) is 10.6. The standard InChI is InChI=1S/C19H29F3N2O4S/c1-23(16(29)9-13-3-2-4-13)14-10-18(27-12-14)5-7-24(8-6-18)17(26)28-15(11-25)19(20,21)22/h13-15,25H,2-12H2,1H3/t14-,15-/m1/s1. The molecule has 6 nitrogen and oxygen atoms in total. The van der Waals surface area contributed by atoms with Crippen LogP contribution in [0.15, 0.2) is 0 Å². The number of piperidine rings is 1. The molecule has 0 aromatic rings. The lowest BCUT2D eigenvalue weighted by atomic mass is 9.82. The lowest BCUT2D eigenvalue weighted by molar-refractivity contribution is -0.215. The second-order valence-electron chi connectivity index (χ2n) is 8.44. The van der Waals surface area contributed by atoms with Gasteiger partial charge in [-0.3, -0.25) is 0 Å². The molecule has 1 N–H and O–H groups in total. The molecule has 10 heteroatoms. The number of thiocarbonyl (C=S) groups is 1. The lowest BCUT2D eigenvalue weighted by Gasteiger charge is -2.39. The van der Waals surface area contributed by atoms with Crippen molar-refractivity contribution in [2.24, 2.45) is 5.92 Å². The number of rotatable bonds is 5. The molecule has 3 rings (SSSR count).